The van der Waals surface area contributed by atoms with Crippen molar-refractivity contribution in [2.75, 3.05) is 39.4 Å². The number of quaternary nitrogens is 1. The molecule has 4 nitrogen and oxygen atoms in total. The van der Waals surface area contributed by atoms with Crippen LogP contribution in [0.5, 0.6) is 11.5 Å². The number of carbonyl (C=O) groups excluding carboxylic acids is 1. The summed E-state index contributed by atoms with van der Waals surface area (Å²) in [6.07, 6.45) is 3.90. The van der Waals surface area contributed by atoms with Crippen molar-refractivity contribution in [1.29, 1.82) is 0 Å². The Morgan fingerprint density at radius 1 is 1.05 bits per heavy atom. The van der Waals surface area contributed by atoms with Gasteiger partial charge in [0.15, 0.2) is 11.5 Å². The van der Waals surface area contributed by atoms with Gasteiger partial charge in [0.2, 0.25) is 5.78 Å². The number of hydrogen-bond donors (Lipinski definition) is 0. The molecule has 4 heteroatoms. The van der Waals surface area contributed by atoms with Crippen LogP contribution in [0.4, 0.5) is 0 Å². The summed E-state index contributed by atoms with van der Waals surface area (Å²) in [5, 5.41) is 0. The maximum atomic E-state index is 12.7. The van der Waals surface area contributed by atoms with Gasteiger partial charge in [0.25, 0.3) is 0 Å². The molecule has 0 radical (unpaired) electrons. The predicted molar refractivity (Wildman–Crippen MR) is 78.8 cm³/mol. The average Bonchev–Trinajstić information content (AvgIpc) is 2.55. The molecule has 1 aromatic carbocycles. The molecule has 2 bridgehead atoms. The van der Waals surface area contributed by atoms with E-state index in [2.05, 4.69) is 0 Å². The van der Waals surface area contributed by atoms with Gasteiger partial charge in [0.05, 0.1) is 19.6 Å². The zero-order valence-corrected chi connectivity index (χ0v) is 12.3. The quantitative estimate of drug-likeness (QED) is 0.632. The zero-order valence-electron chi connectivity index (χ0n) is 12.3. The molecule has 3 fully saturated rings. The molecule has 0 saturated carbocycles. The van der Waals surface area contributed by atoms with E-state index in [4.69, 9.17) is 9.47 Å². The van der Waals surface area contributed by atoms with E-state index in [0.717, 1.165) is 21.7 Å². The monoisotopic (exact) mass is 288 g/mol. The standard InChI is InChI=1S/C17H22NO3/c19-15(12-18-6-3-13(4-7-18)5-8-18)14-1-2-16-17(11-14)21-10-9-20-16/h1-2,11,13H,3-10,12H2/q+1. The second-order valence-corrected chi connectivity index (χ2v) is 6.68. The lowest BCUT2D eigenvalue weighted by atomic mass is 9.85. The van der Waals surface area contributed by atoms with Gasteiger partial charge in [-0.15, -0.1) is 0 Å². The topological polar surface area (TPSA) is 35.5 Å². The Hall–Kier alpha value is -1.55. The van der Waals surface area contributed by atoms with Crippen LogP contribution in [0.1, 0.15) is 29.6 Å². The van der Waals surface area contributed by atoms with Gasteiger partial charge in [-0.25, -0.2) is 0 Å². The van der Waals surface area contributed by atoms with Crippen LogP contribution in [0.3, 0.4) is 0 Å². The highest BCUT2D eigenvalue weighted by Crippen LogP contribution is 2.35. The minimum atomic E-state index is 0.243. The lowest BCUT2D eigenvalue weighted by molar-refractivity contribution is -0.935. The summed E-state index contributed by atoms with van der Waals surface area (Å²) < 4.78 is 12.1. The Bertz CT molecular complexity index is 547. The smallest absolute Gasteiger partial charge is 0.217 e. The maximum absolute atomic E-state index is 12.7. The van der Waals surface area contributed by atoms with Crippen LogP contribution >= 0.6 is 0 Å². The van der Waals surface area contributed by atoms with Crippen LogP contribution < -0.4 is 9.47 Å². The van der Waals surface area contributed by atoms with Crippen molar-refractivity contribution in [1.82, 2.24) is 0 Å². The number of benzene rings is 1. The summed E-state index contributed by atoms with van der Waals surface area (Å²) in [6.45, 7) is 5.34. The molecule has 0 amide bonds. The number of nitrogens with zero attached hydrogens (tertiary/aromatic N) is 1. The molecule has 0 atom stereocenters. The molecule has 4 heterocycles. The molecule has 0 aliphatic carbocycles. The third kappa shape index (κ3) is 2.42. The van der Waals surface area contributed by atoms with E-state index in [0.29, 0.717) is 25.5 Å². The number of ketones is 1. The zero-order chi connectivity index (χ0) is 14.3. The first kappa shape index (κ1) is 13.1. The van der Waals surface area contributed by atoms with Crippen molar-refractivity contribution in [2.45, 2.75) is 19.3 Å². The number of carbonyl (C=O) groups is 1. The number of hydrogen-bond acceptors (Lipinski definition) is 3. The largest absolute Gasteiger partial charge is 0.486 e. The Morgan fingerprint density at radius 3 is 2.43 bits per heavy atom. The first-order chi connectivity index (χ1) is 10.2. The van der Waals surface area contributed by atoms with Gasteiger partial charge >= 0.3 is 0 Å². The van der Waals surface area contributed by atoms with E-state index in [1.165, 1.54) is 38.9 Å². The van der Waals surface area contributed by atoms with Crippen LogP contribution in [0, 0.1) is 5.92 Å². The van der Waals surface area contributed by atoms with Crippen molar-refractivity contribution in [3.8, 4) is 11.5 Å². The molecule has 0 spiro atoms. The Balaban J connectivity index is 1.52. The van der Waals surface area contributed by atoms with Crippen LogP contribution in [0.15, 0.2) is 18.2 Å². The number of Topliss-reactive ketones (excluding diaryl/α,β-unsaturated/α-hetero) is 1. The summed E-state index contributed by atoms with van der Waals surface area (Å²) in [5.74, 6) is 2.63. The SMILES string of the molecule is O=C(C[N+]12CCC(CC1)CC2)c1ccc2c(c1)OCCO2. The predicted octanol–water partition coefficient (Wildman–Crippen LogP) is 2.27. The number of piperidine rings is 3. The molecular weight excluding hydrogens is 266 g/mol. The van der Waals surface area contributed by atoms with E-state index < -0.39 is 0 Å². The van der Waals surface area contributed by atoms with Crippen LogP contribution in [-0.4, -0.2) is 49.7 Å². The van der Waals surface area contributed by atoms with E-state index in [-0.39, 0.29) is 5.78 Å². The average molecular weight is 288 g/mol. The molecule has 1 aromatic rings. The van der Waals surface area contributed by atoms with Gasteiger partial charge < -0.3 is 14.0 Å². The minimum Gasteiger partial charge on any atom is -0.486 e. The molecule has 0 unspecified atom stereocenters. The summed E-state index contributed by atoms with van der Waals surface area (Å²) >= 11 is 0. The molecule has 112 valence electrons. The molecule has 21 heavy (non-hydrogen) atoms. The van der Waals surface area contributed by atoms with E-state index in [1.54, 1.807) is 0 Å². The summed E-state index contributed by atoms with van der Waals surface area (Å²) in [4.78, 5) is 12.7. The van der Waals surface area contributed by atoms with Crippen LogP contribution in [-0.2, 0) is 0 Å². The number of fused-ring (bicyclic) bond motifs is 4. The number of rotatable bonds is 3. The molecule has 4 aliphatic rings. The van der Waals surface area contributed by atoms with E-state index in [1.807, 2.05) is 18.2 Å². The maximum Gasteiger partial charge on any atom is 0.217 e. The van der Waals surface area contributed by atoms with Gasteiger partial charge in [0.1, 0.15) is 19.8 Å². The van der Waals surface area contributed by atoms with Gasteiger partial charge in [-0.1, -0.05) is 0 Å². The minimum absolute atomic E-state index is 0.243. The number of ether oxygens (including phenoxy) is 2. The van der Waals surface area contributed by atoms with Crippen molar-refractivity contribution in [2.24, 2.45) is 5.92 Å². The Labute approximate surface area is 125 Å². The van der Waals surface area contributed by atoms with Crippen LogP contribution in [0.2, 0.25) is 0 Å². The van der Waals surface area contributed by atoms with Crippen molar-refractivity contribution in [3.05, 3.63) is 23.8 Å². The summed E-state index contributed by atoms with van der Waals surface area (Å²) in [6, 6.07) is 5.60. The first-order valence-corrected chi connectivity index (χ1v) is 8.02. The lowest BCUT2D eigenvalue weighted by Gasteiger charge is -2.48. The fourth-order valence-electron chi connectivity index (χ4n) is 3.99. The molecule has 5 rings (SSSR count). The Morgan fingerprint density at radius 2 is 1.71 bits per heavy atom. The van der Waals surface area contributed by atoms with E-state index in [9.17, 15) is 4.79 Å². The molecule has 0 aromatic heterocycles. The fourth-order valence-corrected chi connectivity index (χ4v) is 3.99. The van der Waals surface area contributed by atoms with Gasteiger partial charge in [-0.05, 0) is 43.4 Å². The van der Waals surface area contributed by atoms with Gasteiger partial charge in [0, 0.05) is 5.56 Å². The summed E-state index contributed by atoms with van der Waals surface area (Å²) in [5.41, 5.74) is 0.763. The Kier molecular flexibility index (Phi) is 3.14. The van der Waals surface area contributed by atoms with Crippen LogP contribution in [0.25, 0.3) is 0 Å². The molecule has 4 aliphatic heterocycles. The third-order valence-electron chi connectivity index (χ3n) is 5.38. The van der Waals surface area contributed by atoms with Gasteiger partial charge in [-0.2, -0.15) is 0 Å². The second kappa shape index (κ2) is 5.02. The van der Waals surface area contributed by atoms with E-state index >= 15 is 0 Å². The van der Waals surface area contributed by atoms with Crippen molar-refractivity contribution < 1.29 is 18.8 Å². The highest BCUT2D eigenvalue weighted by molar-refractivity contribution is 5.97. The highest BCUT2D eigenvalue weighted by Gasteiger charge is 2.41. The molecule has 3 saturated heterocycles. The third-order valence-corrected chi connectivity index (χ3v) is 5.38. The normalized spacial score (nSPS) is 30.2. The first-order valence-electron chi connectivity index (χ1n) is 8.02. The van der Waals surface area contributed by atoms with Crippen molar-refractivity contribution in [3.63, 3.8) is 0 Å². The second-order valence-electron chi connectivity index (χ2n) is 6.68. The highest BCUT2D eigenvalue weighted by atomic mass is 16.6. The fraction of sp³-hybridized carbons (Fsp3) is 0.588. The molecule has 0 N–H and O–H groups in total. The molecular formula is C17H22NO3+. The van der Waals surface area contributed by atoms with Gasteiger partial charge in [-0.3, -0.25) is 4.79 Å². The van der Waals surface area contributed by atoms with Crippen molar-refractivity contribution >= 4 is 5.78 Å². The lowest BCUT2D eigenvalue weighted by Crippen LogP contribution is -2.60. The summed E-state index contributed by atoms with van der Waals surface area (Å²) in [7, 11) is 0.